The Morgan fingerprint density at radius 2 is 1.96 bits per heavy atom. The number of benzene rings is 2. The molecule has 0 aliphatic carbocycles. The molecule has 3 nitrogen and oxygen atoms in total. The van der Waals surface area contributed by atoms with E-state index < -0.39 is 11.9 Å². The SMILES string of the molecule is CCCOc1ccc(CC(C(=O)O)c2ccc(C)cc2C)cc1Cl. The average molecular weight is 347 g/mol. The van der Waals surface area contributed by atoms with Gasteiger partial charge in [0.05, 0.1) is 17.5 Å². The Bertz CT molecular complexity index is 725. The minimum atomic E-state index is -0.829. The fourth-order valence-electron chi connectivity index (χ4n) is 2.78. The summed E-state index contributed by atoms with van der Waals surface area (Å²) >= 11 is 6.25. The van der Waals surface area contributed by atoms with Crippen LogP contribution in [0, 0.1) is 13.8 Å². The van der Waals surface area contributed by atoms with Gasteiger partial charge in [-0.25, -0.2) is 0 Å². The first-order valence-corrected chi connectivity index (χ1v) is 8.51. The molecular formula is C20H23ClO3. The maximum absolute atomic E-state index is 11.8. The predicted molar refractivity (Wildman–Crippen MR) is 97.2 cm³/mol. The van der Waals surface area contributed by atoms with Gasteiger partial charge < -0.3 is 9.84 Å². The maximum atomic E-state index is 11.8. The molecule has 0 radical (unpaired) electrons. The molecule has 128 valence electrons. The number of rotatable bonds is 7. The monoisotopic (exact) mass is 346 g/mol. The van der Waals surface area contributed by atoms with Crippen molar-refractivity contribution in [2.75, 3.05) is 6.61 Å². The molecule has 0 fully saturated rings. The molecule has 0 aliphatic heterocycles. The van der Waals surface area contributed by atoms with Crippen molar-refractivity contribution in [1.82, 2.24) is 0 Å². The van der Waals surface area contributed by atoms with E-state index in [9.17, 15) is 9.90 Å². The van der Waals surface area contributed by atoms with Crippen molar-refractivity contribution in [2.24, 2.45) is 0 Å². The van der Waals surface area contributed by atoms with E-state index in [2.05, 4.69) is 0 Å². The molecule has 1 N–H and O–H groups in total. The minimum Gasteiger partial charge on any atom is -0.492 e. The van der Waals surface area contributed by atoms with Crippen molar-refractivity contribution in [2.45, 2.75) is 39.5 Å². The van der Waals surface area contributed by atoms with E-state index in [4.69, 9.17) is 16.3 Å². The summed E-state index contributed by atoms with van der Waals surface area (Å²) in [4.78, 5) is 11.8. The third kappa shape index (κ3) is 4.51. The smallest absolute Gasteiger partial charge is 0.311 e. The van der Waals surface area contributed by atoms with Crippen LogP contribution in [0.1, 0.15) is 41.5 Å². The van der Waals surface area contributed by atoms with Gasteiger partial charge >= 0.3 is 5.97 Å². The highest BCUT2D eigenvalue weighted by atomic mass is 35.5. The first-order chi connectivity index (χ1) is 11.4. The lowest BCUT2D eigenvalue weighted by Gasteiger charge is -2.17. The van der Waals surface area contributed by atoms with Crippen LogP contribution in [0.15, 0.2) is 36.4 Å². The Balaban J connectivity index is 2.25. The van der Waals surface area contributed by atoms with E-state index in [0.29, 0.717) is 23.8 Å². The first-order valence-electron chi connectivity index (χ1n) is 8.13. The third-order valence-electron chi connectivity index (χ3n) is 4.00. The number of carbonyl (C=O) groups is 1. The highest BCUT2D eigenvalue weighted by molar-refractivity contribution is 6.32. The van der Waals surface area contributed by atoms with E-state index in [1.807, 2.05) is 51.1 Å². The van der Waals surface area contributed by atoms with Crippen molar-refractivity contribution < 1.29 is 14.6 Å². The molecule has 0 aromatic heterocycles. The second-order valence-electron chi connectivity index (χ2n) is 6.07. The normalized spacial score (nSPS) is 12.0. The van der Waals surface area contributed by atoms with Crippen LogP contribution in [0.4, 0.5) is 0 Å². The van der Waals surface area contributed by atoms with Gasteiger partial charge in [0.15, 0.2) is 0 Å². The summed E-state index contributed by atoms with van der Waals surface area (Å²) in [7, 11) is 0. The molecule has 2 rings (SSSR count). The fraction of sp³-hybridized carbons (Fsp3) is 0.350. The maximum Gasteiger partial charge on any atom is 0.311 e. The van der Waals surface area contributed by atoms with Crippen LogP contribution in [0.3, 0.4) is 0 Å². The molecule has 0 heterocycles. The lowest BCUT2D eigenvalue weighted by atomic mass is 9.88. The summed E-state index contributed by atoms with van der Waals surface area (Å²) in [6.45, 7) is 6.59. The van der Waals surface area contributed by atoms with Gasteiger partial charge in [-0.05, 0) is 55.5 Å². The molecule has 0 amide bonds. The molecular weight excluding hydrogens is 324 g/mol. The second kappa shape index (κ2) is 8.20. The van der Waals surface area contributed by atoms with Crippen LogP contribution in [-0.2, 0) is 11.2 Å². The topological polar surface area (TPSA) is 46.5 Å². The number of carboxylic acid groups (broad SMARTS) is 1. The summed E-state index contributed by atoms with van der Waals surface area (Å²) < 4.78 is 5.56. The van der Waals surface area contributed by atoms with Gasteiger partial charge in [0.2, 0.25) is 0 Å². The Morgan fingerprint density at radius 3 is 2.54 bits per heavy atom. The Morgan fingerprint density at radius 1 is 1.21 bits per heavy atom. The van der Waals surface area contributed by atoms with E-state index in [-0.39, 0.29) is 0 Å². The summed E-state index contributed by atoms with van der Waals surface area (Å²) in [5, 5.41) is 10.2. The second-order valence-corrected chi connectivity index (χ2v) is 6.48. The molecule has 0 saturated heterocycles. The van der Waals surface area contributed by atoms with Gasteiger partial charge in [-0.1, -0.05) is 48.4 Å². The molecule has 0 aliphatic rings. The van der Waals surface area contributed by atoms with Crippen LogP contribution in [0.25, 0.3) is 0 Å². The number of ether oxygens (including phenoxy) is 1. The van der Waals surface area contributed by atoms with E-state index in [1.54, 1.807) is 6.07 Å². The molecule has 0 spiro atoms. The van der Waals surface area contributed by atoms with E-state index in [1.165, 1.54) is 0 Å². The summed E-state index contributed by atoms with van der Waals surface area (Å²) in [5.74, 6) is -0.783. The third-order valence-corrected chi connectivity index (χ3v) is 4.29. The summed E-state index contributed by atoms with van der Waals surface area (Å²) in [5.41, 5.74) is 3.85. The number of hydrogen-bond acceptors (Lipinski definition) is 2. The lowest BCUT2D eigenvalue weighted by Crippen LogP contribution is -2.15. The fourth-order valence-corrected chi connectivity index (χ4v) is 3.04. The first kappa shape index (κ1) is 18.3. The number of carboxylic acids is 1. The van der Waals surface area contributed by atoms with Crippen molar-refractivity contribution in [3.05, 3.63) is 63.7 Å². The van der Waals surface area contributed by atoms with Gasteiger partial charge in [-0.15, -0.1) is 0 Å². The molecule has 1 atom stereocenters. The molecule has 4 heteroatoms. The molecule has 24 heavy (non-hydrogen) atoms. The number of aliphatic carboxylic acids is 1. The van der Waals surface area contributed by atoms with E-state index in [0.717, 1.165) is 28.7 Å². The predicted octanol–water partition coefficient (Wildman–Crippen LogP) is 5.16. The Kier molecular flexibility index (Phi) is 6.27. The lowest BCUT2D eigenvalue weighted by molar-refractivity contribution is -0.138. The van der Waals surface area contributed by atoms with Crippen molar-refractivity contribution >= 4 is 17.6 Å². The molecule has 0 bridgehead atoms. The average Bonchev–Trinajstić information content (AvgIpc) is 2.52. The zero-order valence-corrected chi connectivity index (χ0v) is 15.1. The van der Waals surface area contributed by atoms with Gasteiger partial charge in [0.1, 0.15) is 5.75 Å². The van der Waals surface area contributed by atoms with Crippen molar-refractivity contribution in [3.63, 3.8) is 0 Å². The van der Waals surface area contributed by atoms with Crippen LogP contribution in [0.2, 0.25) is 5.02 Å². The highest BCUT2D eigenvalue weighted by Gasteiger charge is 2.22. The van der Waals surface area contributed by atoms with Gasteiger partial charge in [0.25, 0.3) is 0 Å². The highest BCUT2D eigenvalue weighted by Crippen LogP contribution is 2.30. The zero-order chi connectivity index (χ0) is 17.7. The Labute approximate surface area is 148 Å². The summed E-state index contributed by atoms with van der Waals surface area (Å²) in [6, 6.07) is 11.4. The van der Waals surface area contributed by atoms with Crippen molar-refractivity contribution in [1.29, 1.82) is 0 Å². The number of aryl methyl sites for hydroxylation is 2. The molecule has 0 saturated carbocycles. The van der Waals surface area contributed by atoms with Gasteiger partial charge in [0, 0.05) is 0 Å². The zero-order valence-electron chi connectivity index (χ0n) is 14.3. The van der Waals surface area contributed by atoms with Crippen LogP contribution < -0.4 is 4.74 Å². The molecule has 2 aromatic rings. The number of halogens is 1. The molecule has 1 unspecified atom stereocenters. The van der Waals surface area contributed by atoms with Gasteiger partial charge in [-0.2, -0.15) is 0 Å². The van der Waals surface area contributed by atoms with Crippen LogP contribution >= 0.6 is 11.6 Å². The van der Waals surface area contributed by atoms with Crippen LogP contribution in [0.5, 0.6) is 5.75 Å². The largest absolute Gasteiger partial charge is 0.492 e. The number of hydrogen-bond donors (Lipinski definition) is 1. The van der Waals surface area contributed by atoms with Crippen molar-refractivity contribution in [3.8, 4) is 5.75 Å². The van der Waals surface area contributed by atoms with Crippen LogP contribution in [-0.4, -0.2) is 17.7 Å². The minimum absolute atomic E-state index is 0.396. The summed E-state index contributed by atoms with van der Waals surface area (Å²) in [6.07, 6.45) is 1.30. The van der Waals surface area contributed by atoms with E-state index >= 15 is 0 Å². The quantitative estimate of drug-likeness (QED) is 0.753. The molecule has 2 aromatic carbocycles. The van der Waals surface area contributed by atoms with Gasteiger partial charge in [-0.3, -0.25) is 4.79 Å². The standard InChI is InChI=1S/C20H23ClO3/c1-4-9-24-19-8-6-15(12-18(19)21)11-17(20(22)23)16-7-5-13(2)10-14(16)3/h5-8,10,12,17H,4,9,11H2,1-3H3,(H,22,23). The Hall–Kier alpha value is -2.00.